The van der Waals surface area contributed by atoms with Gasteiger partial charge >= 0.3 is 0 Å². The highest BCUT2D eigenvalue weighted by Crippen LogP contribution is 2.30. The van der Waals surface area contributed by atoms with Crippen molar-refractivity contribution in [2.45, 2.75) is 17.1 Å². The maximum absolute atomic E-state index is 12.9. The van der Waals surface area contributed by atoms with Crippen LogP contribution >= 0.6 is 23.1 Å². The SMILES string of the molecule is COc1cccc(-c2csc(NC(=O)C(C)Sc3cccc(NC(=O)c4ccc5ccccc5c4)c3)n2)c1. The van der Waals surface area contributed by atoms with Gasteiger partial charge in [0.05, 0.1) is 18.1 Å². The second-order valence-electron chi connectivity index (χ2n) is 8.56. The van der Waals surface area contributed by atoms with E-state index in [1.165, 1.54) is 23.1 Å². The van der Waals surface area contributed by atoms with Gasteiger partial charge in [0.15, 0.2) is 5.13 Å². The first-order valence-corrected chi connectivity index (χ1v) is 13.7. The van der Waals surface area contributed by atoms with Crippen molar-refractivity contribution in [3.8, 4) is 17.0 Å². The van der Waals surface area contributed by atoms with Crippen LogP contribution in [0.3, 0.4) is 0 Å². The van der Waals surface area contributed by atoms with Gasteiger partial charge in [-0.15, -0.1) is 23.1 Å². The molecule has 8 heteroatoms. The number of thiazole rings is 1. The van der Waals surface area contributed by atoms with Crippen molar-refractivity contribution in [2.24, 2.45) is 0 Å². The molecule has 0 saturated heterocycles. The van der Waals surface area contributed by atoms with E-state index in [4.69, 9.17) is 4.74 Å². The van der Waals surface area contributed by atoms with E-state index in [1.54, 1.807) is 7.11 Å². The first-order valence-electron chi connectivity index (χ1n) is 12.0. The smallest absolute Gasteiger partial charge is 0.255 e. The Labute approximate surface area is 229 Å². The average molecular weight is 540 g/mol. The van der Waals surface area contributed by atoms with E-state index in [9.17, 15) is 9.59 Å². The molecule has 1 unspecified atom stereocenters. The summed E-state index contributed by atoms with van der Waals surface area (Å²) in [5.74, 6) is 0.424. The fourth-order valence-corrected chi connectivity index (χ4v) is 5.54. The van der Waals surface area contributed by atoms with Crippen molar-refractivity contribution in [1.29, 1.82) is 0 Å². The molecule has 0 aliphatic heterocycles. The number of hydrogen-bond acceptors (Lipinski definition) is 6. The summed E-state index contributed by atoms with van der Waals surface area (Å²) >= 11 is 2.79. The van der Waals surface area contributed by atoms with Gasteiger partial charge in [-0.05, 0) is 60.2 Å². The zero-order valence-corrected chi connectivity index (χ0v) is 22.4. The molecule has 1 aromatic heterocycles. The third-order valence-corrected chi connectivity index (χ3v) is 7.74. The summed E-state index contributed by atoms with van der Waals surface area (Å²) in [5, 5.41) is 10.0. The number of rotatable bonds is 8. The number of nitrogens with zero attached hydrogens (tertiary/aromatic N) is 1. The molecule has 5 aromatic rings. The number of fused-ring (bicyclic) bond motifs is 1. The van der Waals surface area contributed by atoms with Gasteiger partial charge in [0, 0.05) is 27.1 Å². The molecule has 1 atom stereocenters. The zero-order chi connectivity index (χ0) is 26.5. The molecule has 0 aliphatic carbocycles. The Balaban J connectivity index is 1.20. The Bertz CT molecular complexity index is 1620. The number of aromatic nitrogens is 1. The predicted molar refractivity (Wildman–Crippen MR) is 156 cm³/mol. The normalized spacial score (nSPS) is 11.6. The van der Waals surface area contributed by atoms with E-state index in [0.717, 1.165) is 32.7 Å². The van der Waals surface area contributed by atoms with E-state index in [0.29, 0.717) is 16.4 Å². The summed E-state index contributed by atoms with van der Waals surface area (Å²) in [5.41, 5.74) is 2.96. The molecule has 0 spiro atoms. The fourth-order valence-electron chi connectivity index (χ4n) is 3.89. The lowest BCUT2D eigenvalue weighted by Gasteiger charge is -2.12. The van der Waals surface area contributed by atoms with Crippen LogP contribution in [0.5, 0.6) is 5.75 Å². The monoisotopic (exact) mass is 539 g/mol. The van der Waals surface area contributed by atoms with Crippen LogP contribution in [0.15, 0.2) is 101 Å². The van der Waals surface area contributed by atoms with Crippen LogP contribution in [0.1, 0.15) is 17.3 Å². The Morgan fingerprint density at radius 3 is 2.55 bits per heavy atom. The van der Waals surface area contributed by atoms with Gasteiger partial charge in [-0.1, -0.05) is 48.5 Å². The number of nitrogens with one attached hydrogen (secondary N) is 2. The molecule has 6 nitrogen and oxygen atoms in total. The molecular formula is C30H25N3O3S2. The Kier molecular flexibility index (Phi) is 7.72. The summed E-state index contributed by atoms with van der Waals surface area (Å²) in [6.45, 7) is 1.84. The average Bonchev–Trinajstić information content (AvgIpc) is 3.41. The van der Waals surface area contributed by atoms with Gasteiger partial charge in [0.1, 0.15) is 5.75 Å². The lowest BCUT2D eigenvalue weighted by molar-refractivity contribution is -0.115. The molecule has 4 aromatic carbocycles. The van der Waals surface area contributed by atoms with Crippen LogP contribution in [-0.2, 0) is 4.79 Å². The Hall–Kier alpha value is -4.14. The van der Waals surface area contributed by atoms with Crippen LogP contribution in [0, 0.1) is 0 Å². The molecule has 1 heterocycles. The summed E-state index contributed by atoms with van der Waals surface area (Å²) < 4.78 is 5.28. The van der Waals surface area contributed by atoms with E-state index >= 15 is 0 Å². The first kappa shape index (κ1) is 25.5. The number of thioether (sulfide) groups is 1. The lowest BCUT2D eigenvalue weighted by Crippen LogP contribution is -2.22. The Morgan fingerprint density at radius 1 is 0.895 bits per heavy atom. The van der Waals surface area contributed by atoms with Crippen molar-refractivity contribution in [2.75, 3.05) is 17.7 Å². The molecule has 0 aliphatic rings. The van der Waals surface area contributed by atoms with Gasteiger partial charge in [-0.2, -0.15) is 0 Å². The van der Waals surface area contributed by atoms with Crippen molar-refractivity contribution in [3.63, 3.8) is 0 Å². The van der Waals surface area contributed by atoms with Gasteiger partial charge in [0.25, 0.3) is 5.91 Å². The first-order chi connectivity index (χ1) is 18.5. The molecule has 0 bridgehead atoms. The van der Waals surface area contributed by atoms with E-state index < -0.39 is 0 Å². The maximum Gasteiger partial charge on any atom is 0.255 e. The molecule has 190 valence electrons. The van der Waals surface area contributed by atoms with Crippen molar-refractivity contribution in [1.82, 2.24) is 4.98 Å². The highest BCUT2D eigenvalue weighted by molar-refractivity contribution is 8.00. The van der Waals surface area contributed by atoms with E-state index in [2.05, 4.69) is 15.6 Å². The van der Waals surface area contributed by atoms with Crippen LogP contribution in [0.2, 0.25) is 0 Å². The summed E-state index contributed by atoms with van der Waals surface area (Å²) in [7, 11) is 1.62. The molecule has 2 amide bonds. The number of benzene rings is 4. The summed E-state index contributed by atoms with van der Waals surface area (Å²) in [6, 6.07) is 28.7. The van der Waals surface area contributed by atoms with Gasteiger partial charge in [0.2, 0.25) is 5.91 Å². The summed E-state index contributed by atoms with van der Waals surface area (Å²) in [4.78, 5) is 31.1. The molecule has 0 saturated carbocycles. The summed E-state index contributed by atoms with van der Waals surface area (Å²) in [6.07, 6.45) is 0. The maximum atomic E-state index is 12.9. The largest absolute Gasteiger partial charge is 0.497 e. The van der Waals surface area contributed by atoms with Crippen LogP contribution < -0.4 is 15.4 Å². The number of methoxy groups -OCH3 is 1. The minimum absolute atomic E-state index is 0.146. The Morgan fingerprint density at radius 2 is 1.71 bits per heavy atom. The molecule has 5 rings (SSSR count). The second-order valence-corrected chi connectivity index (χ2v) is 10.8. The lowest BCUT2D eigenvalue weighted by atomic mass is 10.1. The van der Waals surface area contributed by atoms with Gasteiger partial charge < -0.3 is 15.4 Å². The highest BCUT2D eigenvalue weighted by Gasteiger charge is 2.17. The number of hydrogen-bond donors (Lipinski definition) is 2. The van der Waals surface area contributed by atoms with Crippen LogP contribution in [0.25, 0.3) is 22.0 Å². The number of amides is 2. The van der Waals surface area contributed by atoms with Gasteiger partial charge in [-0.3, -0.25) is 9.59 Å². The van der Waals surface area contributed by atoms with Crippen molar-refractivity contribution >= 4 is 56.5 Å². The number of carbonyl (C=O) groups is 2. The molecule has 0 fully saturated rings. The van der Waals surface area contributed by atoms with Gasteiger partial charge in [-0.25, -0.2) is 4.98 Å². The predicted octanol–water partition coefficient (Wildman–Crippen LogP) is 7.34. The van der Waals surface area contributed by atoms with Crippen LogP contribution in [0.4, 0.5) is 10.8 Å². The molecule has 2 N–H and O–H groups in total. The zero-order valence-electron chi connectivity index (χ0n) is 20.8. The van der Waals surface area contributed by atoms with E-state index in [1.807, 2.05) is 103 Å². The third kappa shape index (κ3) is 6.04. The van der Waals surface area contributed by atoms with Crippen molar-refractivity contribution in [3.05, 3.63) is 102 Å². The van der Waals surface area contributed by atoms with E-state index in [-0.39, 0.29) is 17.1 Å². The van der Waals surface area contributed by atoms with Crippen LogP contribution in [-0.4, -0.2) is 29.2 Å². The molecule has 38 heavy (non-hydrogen) atoms. The highest BCUT2D eigenvalue weighted by atomic mass is 32.2. The minimum Gasteiger partial charge on any atom is -0.497 e. The fraction of sp³-hybridized carbons (Fsp3) is 0.100. The third-order valence-electron chi connectivity index (χ3n) is 5.89. The number of carbonyl (C=O) groups excluding carboxylic acids is 2. The molecule has 0 radical (unpaired) electrons. The number of anilines is 2. The quantitative estimate of drug-likeness (QED) is 0.202. The minimum atomic E-state index is -0.370. The number of ether oxygens (including phenoxy) is 1. The van der Waals surface area contributed by atoms with Crippen molar-refractivity contribution < 1.29 is 14.3 Å². The second kappa shape index (κ2) is 11.5. The molecular weight excluding hydrogens is 514 g/mol. The standard InChI is InChI=1S/C30H25N3O3S2/c1-19(28(34)33-30-32-27(18-37-30)22-9-5-11-25(16-22)36-2)38-26-12-6-10-24(17-26)31-29(35)23-14-13-20-7-3-4-8-21(20)15-23/h3-19H,1-2H3,(H,31,35)(H,32,33,34). The topological polar surface area (TPSA) is 80.3 Å².